The molecule has 0 saturated carbocycles. The summed E-state index contributed by atoms with van der Waals surface area (Å²) < 4.78 is 46.7. The summed E-state index contributed by atoms with van der Waals surface area (Å²) in [7, 11) is 0. The van der Waals surface area contributed by atoms with Crippen LogP contribution in [0.15, 0.2) is 36.4 Å². The summed E-state index contributed by atoms with van der Waals surface area (Å²) in [5.41, 5.74) is 3.50. The Morgan fingerprint density at radius 3 is 2.52 bits per heavy atom. The van der Waals surface area contributed by atoms with Gasteiger partial charge in [0.15, 0.2) is 0 Å². The Balaban J connectivity index is 2.11. The van der Waals surface area contributed by atoms with Gasteiger partial charge in [0, 0.05) is 25.3 Å². The van der Waals surface area contributed by atoms with E-state index in [1.54, 1.807) is 0 Å². The molecule has 2 aromatic carbocycles. The standard InChI is InChI=1S/C21H23F3N2O/c1-4-27-11-5-10-26-19-9-7-16(21(22,23)24)13-18(19)25-20(26)17-8-6-14(2)12-15(17)3/h6-9,12-13H,4-5,10-11H2,1-3H3. The molecule has 1 heterocycles. The minimum Gasteiger partial charge on any atom is -0.382 e. The molecule has 144 valence electrons. The number of fused-ring (bicyclic) bond motifs is 1. The molecule has 1 aromatic heterocycles. The third kappa shape index (κ3) is 4.16. The highest BCUT2D eigenvalue weighted by Crippen LogP contribution is 2.34. The van der Waals surface area contributed by atoms with Crippen LogP contribution in [0.2, 0.25) is 0 Å². The third-order valence-electron chi connectivity index (χ3n) is 4.57. The van der Waals surface area contributed by atoms with Crippen molar-refractivity contribution in [2.75, 3.05) is 13.2 Å². The minimum absolute atomic E-state index is 0.358. The first-order valence-corrected chi connectivity index (χ1v) is 9.04. The van der Waals surface area contributed by atoms with Crippen LogP contribution in [0.5, 0.6) is 0 Å². The number of halogens is 3. The maximum absolute atomic E-state index is 13.1. The first kappa shape index (κ1) is 19.4. The monoisotopic (exact) mass is 376 g/mol. The summed E-state index contributed by atoms with van der Waals surface area (Å²) >= 11 is 0. The summed E-state index contributed by atoms with van der Waals surface area (Å²) in [5.74, 6) is 0.693. The van der Waals surface area contributed by atoms with E-state index >= 15 is 0 Å². The molecule has 0 fully saturated rings. The fraction of sp³-hybridized carbons (Fsp3) is 0.381. The topological polar surface area (TPSA) is 27.1 Å². The van der Waals surface area contributed by atoms with Gasteiger partial charge in [-0.1, -0.05) is 23.8 Å². The number of benzene rings is 2. The summed E-state index contributed by atoms with van der Waals surface area (Å²) in [6.45, 7) is 7.81. The number of aromatic nitrogens is 2. The Morgan fingerprint density at radius 1 is 1.07 bits per heavy atom. The number of hydrogen-bond acceptors (Lipinski definition) is 2. The van der Waals surface area contributed by atoms with E-state index in [2.05, 4.69) is 11.1 Å². The molecule has 6 heteroatoms. The fourth-order valence-electron chi connectivity index (χ4n) is 3.27. The number of rotatable bonds is 6. The zero-order chi connectivity index (χ0) is 19.6. The normalized spacial score (nSPS) is 12.1. The van der Waals surface area contributed by atoms with Crippen LogP contribution in [0.25, 0.3) is 22.4 Å². The van der Waals surface area contributed by atoms with Crippen molar-refractivity contribution < 1.29 is 17.9 Å². The quantitative estimate of drug-likeness (QED) is 0.511. The summed E-state index contributed by atoms with van der Waals surface area (Å²) in [6.07, 6.45) is -3.62. The molecular weight excluding hydrogens is 353 g/mol. The molecule has 0 N–H and O–H groups in total. The lowest BCUT2D eigenvalue weighted by Gasteiger charge is -2.12. The molecule has 0 saturated heterocycles. The number of imidazole rings is 1. The van der Waals surface area contributed by atoms with E-state index < -0.39 is 11.7 Å². The molecule has 0 aliphatic carbocycles. The maximum Gasteiger partial charge on any atom is 0.416 e. The Kier molecular flexibility index (Phi) is 5.56. The second-order valence-electron chi connectivity index (χ2n) is 6.66. The molecule has 0 radical (unpaired) electrons. The number of ether oxygens (including phenoxy) is 1. The van der Waals surface area contributed by atoms with Crippen LogP contribution in [0.4, 0.5) is 13.2 Å². The molecule has 3 rings (SSSR count). The van der Waals surface area contributed by atoms with Crippen molar-refractivity contribution in [1.82, 2.24) is 9.55 Å². The predicted octanol–water partition coefficient (Wildman–Crippen LogP) is 5.77. The van der Waals surface area contributed by atoms with Gasteiger partial charge < -0.3 is 9.30 Å². The minimum atomic E-state index is -4.38. The Morgan fingerprint density at radius 2 is 1.85 bits per heavy atom. The van der Waals surface area contributed by atoms with E-state index in [9.17, 15) is 13.2 Å². The van der Waals surface area contributed by atoms with Gasteiger partial charge in [-0.25, -0.2) is 4.98 Å². The average molecular weight is 376 g/mol. The van der Waals surface area contributed by atoms with Crippen LogP contribution in [-0.2, 0) is 17.5 Å². The number of hydrogen-bond donors (Lipinski definition) is 0. The Labute approximate surface area is 156 Å². The van der Waals surface area contributed by atoms with Gasteiger partial charge in [-0.2, -0.15) is 13.2 Å². The van der Waals surface area contributed by atoms with E-state index in [1.165, 1.54) is 6.07 Å². The number of alkyl halides is 3. The highest BCUT2D eigenvalue weighted by molar-refractivity contribution is 5.82. The van der Waals surface area contributed by atoms with Crippen LogP contribution >= 0.6 is 0 Å². The molecule has 0 amide bonds. The van der Waals surface area contributed by atoms with Gasteiger partial charge in [0.2, 0.25) is 0 Å². The highest BCUT2D eigenvalue weighted by Gasteiger charge is 2.31. The molecule has 27 heavy (non-hydrogen) atoms. The maximum atomic E-state index is 13.1. The summed E-state index contributed by atoms with van der Waals surface area (Å²) in [6, 6.07) is 9.79. The van der Waals surface area contributed by atoms with E-state index in [1.807, 2.05) is 37.5 Å². The molecule has 3 aromatic rings. The highest BCUT2D eigenvalue weighted by atomic mass is 19.4. The molecule has 0 atom stereocenters. The second-order valence-corrected chi connectivity index (χ2v) is 6.66. The molecule has 3 nitrogen and oxygen atoms in total. The van der Waals surface area contributed by atoms with Crippen molar-refractivity contribution >= 4 is 11.0 Å². The molecule has 0 spiro atoms. The van der Waals surface area contributed by atoms with Gasteiger partial charge in [-0.15, -0.1) is 0 Å². The summed E-state index contributed by atoms with van der Waals surface area (Å²) in [5, 5.41) is 0. The van der Waals surface area contributed by atoms with Gasteiger partial charge in [0.05, 0.1) is 16.6 Å². The molecule has 0 aliphatic heterocycles. The van der Waals surface area contributed by atoms with Crippen molar-refractivity contribution in [2.45, 2.75) is 39.9 Å². The second kappa shape index (κ2) is 7.72. The predicted molar refractivity (Wildman–Crippen MR) is 101 cm³/mol. The number of aryl methyl sites for hydroxylation is 3. The molecule has 0 aliphatic rings. The Hall–Kier alpha value is -2.34. The van der Waals surface area contributed by atoms with Crippen molar-refractivity contribution in [3.05, 3.63) is 53.1 Å². The van der Waals surface area contributed by atoms with Gasteiger partial charge in [-0.3, -0.25) is 0 Å². The number of nitrogens with zero attached hydrogens (tertiary/aromatic N) is 2. The average Bonchev–Trinajstić information content (AvgIpc) is 2.95. The third-order valence-corrected chi connectivity index (χ3v) is 4.57. The van der Waals surface area contributed by atoms with Crippen LogP contribution in [0.3, 0.4) is 0 Å². The van der Waals surface area contributed by atoms with Crippen LogP contribution in [0.1, 0.15) is 30.0 Å². The van der Waals surface area contributed by atoms with Crippen molar-refractivity contribution in [2.24, 2.45) is 0 Å². The van der Waals surface area contributed by atoms with E-state index in [4.69, 9.17) is 4.74 Å². The zero-order valence-electron chi connectivity index (χ0n) is 15.7. The lowest BCUT2D eigenvalue weighted by molar-refractivity contribution is -0.137. The fourth-order valence-corrected chi connectivity index (χ4v) is 3.27. The summed E-state index contributed by atoms with van der Waals surface area (Å²) in [4.78, 5) is 4.57. The largest absolute Gasteiger partial charge is 0.416 e. The first-order valence-electron chi connectivity index (χ1n) is 9.04. The zero-order valence-corrected chi connectivity index (χ0v) is 15.7. The smallest absolute Gasteiger partial charge is 0.382 e. The SMILES string of the molecule is CCOCCCn1c(-c2ccc(C)cc2C)nc2cc(C(F)(F)F)ccc21. The van der Waals surface area contributed by atoms with Crippen LogP contribution in [0, 0.1) is 13.8 Å². The first-order chi connectivity index (χ1) is 12.8. The van der Waals surface area contributed by atoms with Crippen molar-refractivity contribution in [3.8, 4) is 11.4 Å². The van der Waals surface area contributed by atoms with E-state index in [0.29, 0.717) is 36.6 Å². The molecule has 0 bridgehead atoms. The van der Waals surface area contributed by atoms with Crippen molar-refractivity contribution in [1.29, 1.82) is 0 Å². The van der Waals surface area contributed by atoms with Gasteiger partial charge >= 0.3 is 6.18 Å². The van der Waals surface area contributed by atoms with Gasteiger partial charge in [-0.05, 0) is 51.0 Å². The lowest BCUT2D eigenvalue weighted by Crippen LogP contribution is -2.06. The van der Waals surface area contributed by atoms with Gasteiger partial charge in [0.25, 0.3) is 0 Å². The lowest BCUT2D eigenvalue weighted by atomic mass is 10.1. The van der Waals surface area contributed by atoms with Crippen LogP contribution < -0.4 is 0 Å². The van der Waals surface area contributed by atoms with Crippen molar-refractivity contribution in [3.63, 3.8) is 0 Å². The van der Waals surface area contributed by atoms with Crippen LogP contribution in [-0.4, -0.2) is 22.8 Å². The van der Waals surface area contributed by atoms with E-state index in [-0.39, 0.29) is 0 Å². The van der Waals surface area contributed by atoms with Gasteiger partial charge in [0.1, 0.15) is 5.82 Å². The molecular formula is C21H23F3N2O. The molecule has 0 unspecified atom stereocenters. The Bertz CT molecular complexity index is 944. The van der Waals surface area contributed by atoms with E-state index in [0.717, 1.165) is 35.2 Å².